The van der Waals surface area contributed by atoms with Gasteiger partial charge in [0, 0.05) is 22.6 Å². The Labute approximate surface area is 168 Å². The van der Waals surface area contributed by atoms with Crippen molar-refractivity contribution in [2.45, 2.75) is 5.16 Å². The first-order chi connectivity index (χ1) is 13.0. The first-order valence-corrected chi connectivity index (χ1v) is 9.67. The first kappa shape index (κ1) is 19.2. The highest BCUT2D eigenvalue weighted by Crippen LogP contribution is 2.23. The molecule has 1 aromatic heterocycles. The van der Waals surface area contributed by atoms with Crippen molar-refractivity contribution in [2.75, 3.05) is 5.75 Å². The van der Waals surface area contributed by atoms with Crippen LogP contribution in [0, 0.1) is 5.82 Å². The number of halogens is 2. The van der Waals surface area contributed by atoms with Gasteiger partial charge in [-0.1, -0.05) is 58.0 Å². The van der Waals surface area contributed by atoms with E-state index in [9.17, 15) is 9.18 Å². The second-order valence-electron chi connectivity index (χ2n) is 5.48. The van der Waals surface area contributed by atoms with Crippen LogP contribution in [0.15, 0.2) is 63.3 Å². The normalized spacial score (nSPS) is 11.1. The maximum absolute atomic E-state index is 13.5. The highest BCUT2D eigenvalue weighted by molar-refractivity contribution is 9.10. The highest BCUT2D eigenvalue weighted by atomic mass is 79.9. The number of carbonyl (C=O) groups is 1. The third-order valence-electron chi connectivity index (χ3n) is 3.57. The third kappa shape index (κ3) is 5.01. The largest absolute Gasteiger partial charge is 0.305 e. The van der Waals surface area contributed by atoms with E-state index in [1.54, 1.807) is 18.2 Å². The van der Waals surface area contributed by atoms with Gasteiger partial charge in [0.15, 0.2) is 11.0 Å². The van der Waals surface area contributed by atoms with E-state index >= 15 is 0 Å². The smallest absolute Gasteiger partial charge is 0.250 e. The number of thioether (sulfide) groups is 1. The minimum Gasteiger partial charge on any atom is -0.305 e. The number of hydrogen-bond acceptors (Lipinski definition) is 5. The molecule has 0 saturated carbocycles. The molecule has 0 fully saturated rings. The van der Waals surface area contributed by atoms with Gasteiger partial charge >= 0.3 is 0 Å². The zero-order chi connectivity index (χ0) is 19.2. The van der Waals surface area contributed by atoms with Crippen molar-refractivity contribution in [1.82, 2.24) is 20.2 Å². The van der Waals surface area contributed by atoms with Crippen molar-refractivity contribution in [3.63, 3.8) is 0 Å². The molecule has 27 heavy (non-hydrogen) atoms. The lowest BCUT2D eigenvalue weighted by molar-refractivity contribution is -0.118. The molecule has 138 valence electrons. The summed E-state index contributed by atoms with van der Waals surface area (Å²) in [6.45, 7) is 0. The number of nitrogens with one attached hydrogen (secondary N) is 1. The van der Waals surface area contributed by atoms with Crippen LogP contribution in [0.3, 0.4) is 0 Å². The second kappa shape index (κ2) is 8.92. The van der Waals surface area contributed by atoms with Crippen LogP contribution in [0.5, 0.6) is 0 Å². The van der Waals surface area contributed by atoms with Crippen molar-refractivity contribution in [3.05, 3.63) is 64.4 Å². The van der Waals surface area contributed by atoms with Gasteiger partial charge in [-0.15, -0.1) is 10.2 Å². The molecule has 0 aliphatic heterocycles. The van der Waals surface area contributed by atoms with Gasteiger partial charge in [-0.2, -0.15) is 5.10 Å². The fourth-order valence-corrected chi connectivity index (χ4v) is 3.17. The van der Waals surface area contributed by atoms with E-state index in [0.717, 1.165) is 10.0 Å². The number of amides is 1. The topological polar surface area (TPSA) is 72.2 Å². The van der Waals surface area contributed by atoms with E-state index in [0.29, 0.717) is 16.5 Å². The van der Waals surface area contributed by atoms with Gasteiger partial charge in [-0.3, -0.25) is 4.79 Å². The lowest BCUT2D eigenvalue weighted by Gasteiger charge is -2.04. The molecule has 9 heteroatoms. The number of hydrogen-bond donors (Lipinski definition) is 1. The summed E-state index contributed by atoms with van der Waals surface area (Å²) in [5.74, 6) is 0.106. The fraction of sp³-hybridized carbons (Fsp3) is 0.111. The van der Waals surface area contributed by atoms with Crippen LogP contribution in [0.4, 0.5) is 4.39 Å². The van der Waals surface area contributed by atoms with Gasteiger partial charge in [0.25, 0.3) is 5.91 Å². The molecule has 0 saturated heterocycles. The van der Waals surface area contributed by atoms with Gasteiger partial charge in [-0.25, -0.2) is 9.82 Å². The molecule has 0 unspecified atom stereocenters. The molecule has 1 N–H and O–H groups in total. The number of aromatic nitrogens is 3. The summed E-state index contributed by atoms with van der Waals surface area (Å²) in [7, 11) is 1.84. The van der Waals surface area contributed by atoms with Crippen LogP contribution in [0.1, 0.15) is 5.56 Å². The Morgan fingerprint density at radius 3 is 2.74 bits per heavy atom. The standard InChI is InChI=1S/C18H15BrFN5OS/c1-25-17(12-6-8-14(19)9-7-12)23-24-18(25)27-11-16(26)22-21-10-13-4-2-3-5-15(13)20/h2-10H,11H2,1H3,(H,22,26)/b21-10+. The summed E-state index contributed by atoms with van der Waals surface area (Å²) in [4.78, 5) is 11.9. The molecule has 0 bridgehead atoms. The Morgan fingerprint density at radius 2 is 2.00 bits per heavy atom. The van der Waals surface area contributed by atoms with Crippen LogP contribution in [0.25, 0.3) is 11.4 Å². The predicted molar refractivity (Wildman–Crippen MR) is 107 cm³/mol. The van der Waals surface area contributed by atoms with Gasteiger partial charge in [0.1, 0.15) is 5.82 Å². The molecule has 1 amide bonds. The fourth-order valence-electron chi connectivity index (χ4n) is 2.21. The molecule has 0 radical (unpaired) electrons. The average molecular weight is 448 g/mol. The molecule has 0 aliphatic rings. The lowest BCUT2D eigenvalue weighted by atomic mass is 10.2. The molecule has 2 aromatic carbocycles. The number of nitrogens with zero attached hydrogens (tertiary/aromatic N) is 4. The summed E-state index contributed by atoms with van der Waals surface area (Å²) in [6, 6.07) is 13.9. The molecule has 0 spiro atoms. The Bertz CT molecular complexity index is 974. The zero-order valence-corrected chi connectivity index (χ0v) is 16.7. The number of rotatable bonds is 6. The minimum atomic E-state index is -0.399. The van der Waals surface area contributed by atoms with Crippen LogP contribution >= 0.6 is 27.7 Å². The van der Waals surface area contributed by atoms with Crippen molar-refractivity contribution in [3.8, 4) is 11.4 Å². The minimum absolute atomic E-state index is 0.112. The summed E-state index contributed by atoms with van der Waals surface area (Å²) >= 11 is 4.64. The van der Waals surface area contributed by atoms with Gasteiger partial charge in [0.2, 0.25) is 0 Å². The van der Waals surface area contributed by atoms with E-state index in [1.165, 1.54) is 24.0 Å². The quantitative estimate of drug-likeness (QED) is 0.355. The van der Waals surface area contributed by atoms with Crippen LogP contribution in [-0.2, 0) is 11.8 Å². The van der Waals surface area contributed by atoms with Crippen molar-refractivity contribution < 1.29 is 9.18 Å². The van der Waals surface area contributed by atoms with E-state index in [2.05, 4.69) is 36.7 Å². The summed E-state index contributed by atoms with van der Waals surface area (Å²) in [5.41, 5.74) is 3.61. The molecule has 3 aromatic rings. The molecular weight excluding hydrogens is 433 g/mol. The SMILES string of the molecule is Cn1c(SCC(=O)N/N=C/c2ccccc2F)nnc1-c1ccc(Br)cc1. The molecule has 6 nitrogen and oxygen atoms in total. The van der Waals surface area contributed by atoms with Crippen LogP contribution in [-0.4, -0.2) is 32.6 Å². The first-order valence-electron chi connectivity index (χ1n) is 7.89. The number of benzene rings is 2. The average Bonchev–Trinajstić information content (AvgIpc) is 3.03. The zero-order valence-electron chi connectivity index (χ0n) is 14.3. The molecule has 0 aliphatic carbocycles. The maximum Gasteiger partial charge on any atom is 0.250 e. The van der Waals surface area contributed by atoms with Crippen molar-refractivity contribution >= 4 is 39.8 Å². The van der Waals surface area contributed by atoms with Crippen LogP contribution < -0.4 is 5.43 Å². The van der Waals surface area contributed by atoms with Crippen molar-refractivity contribution in [2.24, 2.45) is 12.1 Å². The highest BCUT2D eigenvalue weighted by Gasteiger charge is 2.12. The van der Waals surface area contributed by atoms with Gasteiger partial charge < -0.3 is 4.57 Å². The number of hydrazone groups is 1. The Kier molecular flexibility index (Phi) is 6.36. The summed E-state index contributed by atoms with van der Waals surface area (Å²) < 4.78 is 16.3. The van der Waals surface area contributed by atoms with E-state index in [-0.39, 0.29) is 11.7 Å². The van der Waals surface area contributed by atoms with Gasteiger partial charge in [0.05, 0.1) is 12.0 Å². The van der Waals surface area contributed by atoms with Gasteiger partial charge in [-0.05, 0) is 18.2 Å². The Balaban J connectivity index is 1.56. The molecular formula is C18H15BrFN5OS. The maximum atomic E-state index is 13.5. The third-order valence-corrected chi connectivity index (χ3v) is 5.12. The Morgan fingerprint density at radius 1 is 1.26 bits per heavy atom. The van der Waals surface area contributed by atoms with Crippen LogP contribution in [0.2, 0.25) is 0 Å². The summed E-state index contributed by atoms with van der Waals surface area (Å²) in [5, 5.41) is 12.7. The second-order valence-corrected chi connectivity index (χ2v) is 7.33. The van der Waals surface area contributed by atoms with E-state index in [4.69, 9.17) is 0 Å². The summed E-state index contributed by atoms with van der Waals surface area (Å²) in [6.07, 6.45) is 1.27. The Hall–Kier alpha value is -2.52. The van der Waals surface area contributed by atoms with E-state index in [1.807, 2.05) is 35.9 Å². The monoisotopic (exact) mass is 447 g/mol. The predicted octanol–water partition coefficient (Wildman–Crippen LogP) is 3.63. The molecule has 1 heterocycles. The molecule has 3 rings (SSSR count). The van der Waals surface area contributed by atoms with E-state index < -0.39 is 5.82 Å². The lowest BCUT2D eigenvalue weighted by Crippen LogP contribution is -2.20. The number of carbonyl (C=O) groups excluding carboxylic acids is 1. The van der Waals surface area contributed by atoms with Crippen molar-refractivity contribution in [1.29, 1.82) is 0 Å². The molecule has 0 atom stereocenters.